The average molecular weight is 286 g/mol. The van der Waals surface area contributed by atoms with Crippen molar-refractivity contribution in [3.63, 3.8) is 0 Å². The molecular weight excluding hydrogens is 264 g/mol. The predicted molar refractivity (Wildman–Crippen MR) is 80.3 cm³/mol. The number of piperidine rings is 2. The van der Waals surface area contributed by atoms with Crippen molar-refractivity contribution in [1.82, 2.24) is 10.2 Å². The summed E-state index contributed by atoms with van der Waals surface area (Å²) >= 11 is 0. The molecule has 0 aliphatic carbocycles. The molecule has 4 rings (SSSR count). The van der Waals surface area contributed by atoms with Crippen LogP contribution in [0.15, 0.2) is 18.2 Å². The highest BCUT2D eigenvalue weighted by molar-refractivity contribution is 5.81. The molecule has 112 valence electrons. The van der Waals surface area contributed by atoms with E-state index in [1.807, 2.05) is 12.1 Å². The molecule has 0 saturated carbocycles. The molecule has 3 heterocycles. The minimum absolute atomic E-state index is 0.196. The molecule has 0 aromatic heterocycles. The van der Waals surface area contributed by atoms with E-state index in [4.69, 9.17) is 4.74 Å². The van der Waals surface area contributed by atoms with E-state index in [0.29, 0.717) is 11.9 Å². The molecule has 1 N–H and O–H groups in total. The van der Waals surface area contributed by atoms with Gasteiger partial charge in [0.2, 0.25) is 5.91 Å². The second kappa shape index (κ2) is 5.02. The van der Waals surface area contributed by atoms with Crippen LogP contribution in [0, 0.1) is 5.92 Å². The van der Waals surface area contributed by atoms with E-state index in [1.165, 1.54) is 11.1 Å². The molecule has 3 aliphatic rings. The number of carbonyl (C=O) groups excluding carboxylic acids is 1. The van der Waals surface area contributed by atoms with Gasteiger partial charge in [-0.15, -0.1) is 0 Å². The summed E-state index contributed by atoms with van der Waals surface area (Å²) in [4.78, 5) is 14.9. The van der Waals surface area contributed by atoms with E-state index in [-0.39, 0.29) is 12.0 Å². The third-order valence-electron chi connectivity index (χ3n) is 5.39. The van der Waals surface area contributed by atoms with Crippen LogP contribution in [0.2, 0.25) is 0 Å². The monoisotopic (exact) mass is 286 g/mol. The Balaban J connectivity index is 1.72. The summed E-state index contributed by atoms with van der Waals surface area (Å²) in [5.41, 5.74) is 2.59. The molecule has 1 amide bonds. The normalized spacial score (nSPS) is 31.2. The molecule has 1 aromatic carbocycles. The highest BCUT2D eigenvalue weighted by atomic mass is 16.5. The first-order valence-electron chi connectivity index (χ1n) is 7.99. The number of nitrogens with one attached hydrogen (secondary N) is 1. The van der Waals surface area contributed by atoms with Crippen LogP contribution >= 0.6 is 0 Å². The molecule has 21 heavy (non-hydrogen) atoms. The summed E-state index contributed by atoms with van der Waals surface area (Å²) in [6.07, 6.45) is 4.11. The lowest BCUT2D eigenvalue weighted by Crippen LogP contribution is -2.57. The van der Waals surface area contributed by atoms with Crippen molar-refractivity contribution < 1.29 is 9.53 Å². The maximum atomic E-state index is 12.8. The number of carbonyl (C=O) groups is 1. The summed E-state index contributed by atoms with van der Waals surface area (Å²) in [7, 11) is 1.73. The Morgan fingerprint density at radius 1 is 1.38 bits per heavy atom. The summed E-state index contributed by atoms with van der Waals surface area (Å²) in [6, 6.07) is 6.82. The first-order valence-corrected chi connectivity index (χ1v) is 7.99. The van der Waals surface area contributed by atoms with Gasteiger partial charge in [-0.2, -0.15) is 0 Å². The lowest BCUT2D eigenvalue weighted by Gasteiger charge is -2.48. The van der Waals surface area contributed by atoms with Crippen molar-refractivity contribution in [2.75, 3.05) is 20.2 Å². The number of fused-ring (bicyclic) bond motifs is 4. The van der Waals surface area contributed by atoms with Gasteiger partial charge in [0.05, 0.1) is 19.1 Å². The molecule has 0 spiro atoms. The fourth-order valence-electron chi connectivity index (χ4n) is 4.38. The van der Waals surface area contributed by atoms with Crippen LogP contribution in [0.1, 0.15) is 36.4 Å². The third-order valence-corrected chi connectivity index (χ3v) is 5.39. The number of ether oxygens (including phenoxy) is 1. The van der Waals surface area contributed by atoms with Gasteiger partial charge in [0.25, 0.3) is 0 Å². The molecule has 3 aliphatic heterocycles. The van der Waals surface area contributed by atoms with Crippen LogP contribution in [0.3, 0.4) is 0 Å². The molecule has 3 atom stereocenters. The standard InChI is InChI=1S/C17H22N2O2/c1-21-16-6-2-4-11-12(16)7-9-19-15(11)10-14-13(17(19)20)5-3-8-18-14/h2,4,6,13-15,18H,3,5,7-10H2,1H3/t13-,14-,15-/m0/s1. The van der Waals surface area contributed by atoms with E-state index >= 15 is 0 Å². The minimum Gasteiger partial charge on any atom is -0.496 e. The van der Waals surface area contributed by atoms with Crippen LogP contribution in [0.25, 0.3) is 0 Å². The fraction of sp³-hybridized carbons (Fsp3) is 0.588. The topological polar surface area (TPSA) is 41.6 Å². The Morgan fingerprint density at radius 3 is 3.14 bits per heavy atom. The summed E-state index contributed by atoms with van der Waals surface area (Å²) in [5.74, 6) is 1.53. The zero-order valence-corrected chi connectivity index (χ0v) is 12.5. The SMILES string of the molecule is COc1cccc2c1CCN1C(=O)[C@H]3CCCN[C@H]3C[C@@H]21. The fourth-order valence-corrected chi connectivity index (χ4v) is 4.38. The molecule has 1 aromatic rings. The van der Waals surface area contributed by atoms with Crippen molar-refractivity contribution in [2.45, 2.75) is 37.8 Å². The maximum absolute atomic E-state index is 12.8. The Bertz CT molecular complexity index is 572. The average Bonchev–Trinajstić information content (AvgIpc) is 2.54. The van der Waals surface area contributed by atoms with E-state index < -0.39 is 0 Å². The zero-order chi connectivity index (χ0) is 14.4. The van der Waals surface area contributed by atoms with Gasteiger partial charge in [-0.25, -0.2) is 0 Å². The highest BCUT2D eigenvalue weighted by Crippen LogP contribution is 2.43. The zero-order valence-electron chi connectivity index (χ0n) is 12.5. The molecule has 4 nitrogen and oxygen atoms in total. The number of hydrogen-bond donors (Lipinski definition) is 1. The quantitative estimate of drug-likeness (QED) is 0.857. The van der Waals surface area contributed by atoms with Crippen LogP contribution in [-0.2, 0) is 11.2 Å². The van der Waals surface area contributed by atoms with Crippen LogP contribution in [-0.4, -0.2) is 37.0 Å². The van der Waals surface area contributed by atoms with Crippen molar-refractivity contribution in [2.24, 2.45) is 5.92 Å². The van der Waals surface area contributed by atoms with Gasteiger partial charge in [0, 0.05) is 18.2 Å². The first kappa shape index (κ1) is 13.1. The maximum Gasteiger partial charge on any atom is 0.227 e. The molecule has 0 radical (unpaired) electrons. The molecule has 0 bridgehead atoms. The van der Waals surface area contributed by atoms with Crippen molar-refractivity contribution in [1.29, 1.82) is 0 Å². The highest BCUT2D eigenvalue weighted by Gasteiger charge is 2.45. The van der Waals surface area contributed by atoms with Gasteiger partial charge in [-0.05, 0) is 43.9 Å². The number of methoxy groups -OCH3 is 1. The van der Waals surface area contributed by atoms with Crippen molar-refractivity contribution in [3.8, 4) is 5.75 Å². The molecule has 4 heteroatoms. The van der Waals surface area contributed by atoms with E-state index in [0.717, 1.165) is 44.5 Å². The number of hydrogen-bond acceptors (Lipinski definition) is 3. The van der Waals surface area contributed by atoms with Gasteiger partial charge in [-0.1, -0.05) is 12.1 Å². The first-order chi connectivity index (χ1) is 10.3. The summed E-state index contributed by atoms with van der Waals surface area (Å²) < 4.78 is 5.51. The van der Waals surface area contributed by atoms with Crippen LogP contribution in [0.5, 0.6) is 5.75 Å². The van der Waals surface area contributed by atoms with Crippen LogP contribution in [0.4, 0.5) is 0 Å². The number of rotatable bonds is 1. The van der Waals surface area contributed by atoms with Gasteiger partial charge < -0.3 is 15.0 Å². The largest absolute Gasteiger partial charge is 0.496 e. The Labute approximate surface area is 125 Å². The molecule has 0 unspecified atom stereocenters. The lowest BCUT2D eigenvalue weighted by molar-refractivity contribution is -0.145. The van der Waals surface area contributed by atoms with Gasteiger partial charge in [-0.3, -0.25) is 4.79 Å². The number of nitrogens with zero attached hydrogens (tertiary/aromatic N) is 1. The Morgan fingerprint density at radius 2 is 2.29 bits per heavy atom. The molecule has 2 fully saturated rings. The second-order valence-corrected chi connectivity index (χ2v) is 6.37. The lowest BCUT2D eigenvalue weighted by atomic mass is 9.77. The smallest absolute Gasteiger partial charge is 0.227 e. The van der Waals surface area contributed by atoms with Gasteiger partial charge >= 0.3 is 0 Å². The van der Waals surface area contributed by atoms with Crippen LogP contribution < -0.4 is 10.1 Å². The Kier molecular flexibility index (Phi) is 3.14. The number of benzene rings is 1. The molecular formula is C17H22N2O2. The van der Waals surface area contributed by atoms with Gasteiger partial charge in [0.15, 0.2) is 0 Å². The van der Waals surface area contributed by atoms with Crippen molar-refractivity contribution in [3.05, 3.63) is 29.3 Å². The van der Waals surface area contributed by atoms with E-state index in [2.05, 4.69) is 16.3 Å². The van der Waals surface area contributed by atoms with Crippen molar-refractivity contribution >= 4 is 5.91 Å². The summed E-state index contributed by atoms with van der Waals surface area (Å²) in [6.45, 7) is 1.88. The second-order valence-electron chi connectivity index (χ2n) is 6.37. The summed E-state index contributed by atoms with van der Waals surface area (Å²) in [5, 5.41) is 3.57. The van der Waals surface area contributed by atoms with E-state index in [1.54, 1.807) is 7.11 Å². The number of amides is 1. The van der Waals surface area contributed by atoms with Gasteiger partial charge in [0.1, 0.15) is 5.75 Å². The predicted octanol–water partition coefficient (Wildman–Crippen LogP) is 1.89. The van der Waals surface area contributed by atoms with E-state index in [9.17, 15) is 4.79 Å². The third kappa shape index (κ3) is 1.96. The minimum atomic E-state index is 0.196. The Hall–Kier alpha value is -1.55. The molecule has 2 saturated heterocycles.